The zero-order chi connectivity index (χ0) is 20.3. The Bertz CT molecular complexity index is 995. The number of morpholine rings is 1. The maximum Gasteiger partial charge on any atom is 0.338 e. The molecule has 150 valence electrons. The number of carbonyl (C=O) groups is 2. The first-order valence-electron chi connectivity index (χ1n) is 8.43. The lowest BCUT2D eigenvalue weighted by Crippen LogP contribution is -2.40. The van der Waals surface area contributed by atoms with Crippen LogP contribution in [-0.4, -0.2) is 57.4 Å². The molecule has 0 atom stereocenters. The number of hydrogen-bond acceptors (Lipinski definition) is 7. The quantitative estimate of drug-likeness (QED) is 0.459. The number of Topliss-reactive ketones (excluding diaryl/α,β-unsaturated/α-hetero) is 1. The molecule has 3 rings (SSSR count). The van der Waals surface area contributed by atoms with Crippen LogP contribution < -0.4 is 0 Å². The monoisotopic (exact) mass is 487 g/mol. The van der Waals surface area contributed by atoms with Gasteiger partial charge in [0.1, 0.15) is 0 Å². The highest BCUT2D eigenvalue weighted by atomic mass is 79.9. The minimum atomic E-state index is -3.75. The summed E-state index contributed by atoms with van der Waals surface area (Å²) in [7, 11) is -3.75. The highest BCUT2D eigenvalue weighted by molar-refractivity contribution is 9.11. The van der Waals surface area contributed by atoms with Gasteiger partial charge < -0.3 is 9.47 Å². The summed E-state index contributed by atoms with van der Waals surface area (Å²) in [4.78, 5) is 24.9. The molecule has 1 aliphatic rings. The largest absolute Gasteiger partial charge is 0.454 e. The number of aryl methyl sites for hydroxylation is 1. The number of esters is 1. The zero-order valence-corrected chi connectivity index (χ0v) is 18.2. The van der Waals surface area contributed by atoms with Crippen molar-refractivity contribution in [3.05, 3.63) is 50.1 Å². The Morgan fingerprint density at radius 1 is 1.21 bits per heavy atom. The van der Waals surface area contributed by atoms with Crippen LogP contribution in [0.5, 0.6) is 0 Å². The average molecular weight is 488 g/mol. The molecule has 28 heavy (non-hydrogen) atoms. The van der Waals surface area contributed by atoms with Crippen molar-refractivity contribution in [3.8, 4) is 0 Å². The van der Waals surface area contributed by atoms with Crippen molar-refractivity contribution in [2.24, 2.45) is 0 Å². The average Bonchev–Trinajstić information content (AvgIpc) is 3.13. The van der Waals surface area contributed by atoms with E-state index in [0.29, 0.717) is 23.7 Å². The summed E-state index contributed by atoms with van der Waals surface area (Å²) in [5.41, 5.74) is 0.611. The summed E-state index contributed by atoms with van der Waals surface area (Å²) in [6.45, 7) is 2.45. The van der Waals surface area contributed by atoms with Crippen LogP contribution in [0, 0.1) is 6.92 Å². The van der Waals surface area contributed by atoms with Gasteiger partial charge in [0.25, 0.3) is 0 Å². The number of ketones is 1. The lowest BCUT2D eigenvalue weighted by Gasteiger charge is -2.26. The van der Waals surface area contributed by atoms with Gasteiger partial charge in [0.15, 0.2) is 6.61 Å². The molecule has 0 aliphatic carbocycles. The molecule has 1 aromatic carbocycles. The Kier molecular flexibility index (Phi) is 6.66. The van der Waals surface area contributed by atoms with Crippen molar-refractivity contribution in [2.45, 2.75) is 11.8 Å². The Hall–Kier alpha value is -1.59. The molecular formula is C18H18BrNO6S2. The summed E-state index contributed by atoms with van der Waals surface area (Å²) in [5.74, 6) is -1.07. The van der Waals surface area contributed by atoms with Crippen LogP contribution in [0.3, 0.4) is 0 Å². The summed E-state index contributed by atoms with van der Waals surface area (Å²) in [5, 5.41) is 0. The van der Waals surface area contributed by atoms with Crippen molar-refractivity contribution >= 4 is 49.0 Å². The fourth-order valence-electron chi connectivity index (χ4n) is 2.68. The first-order chi connectivity index (χ1) is 13.3. The minimum absolute atomic E-state index is 0.0531. The summed E-state index contributed by atoms with van der Waals surface area (Å²) >= 11 is 4.52. The third kappa shape index (κ3) is 4.69. The molecule has 1 saturated heterocycles. The Morgan fingerprint density at radius 2 is 1.93 bits per heavy atom. The third-order valence-corrected chi connectivity index (χ3v) is 7.90. The number of thiophene rings is 1. The number of hydrogen-bond donors (Lipinski definition) is 0. The van der Waals surface area contributed by atoms with E-state index in [1.807, 2.05) is 0 Å². The second kappa shape index (κ2) is 8.83. The molecule has 1 aliphatic heterocycles. The molecule has 0 bridgehead atoms. The molecule has 0 saturated carbocycles. The molecule has 1 aromatic heterocycles. The van der Waals surface area contributed by atoms with E-state index in [0.717, 1.165) is 3.79 Å². The van der Waals surface area contributed by atoms with Crippen molar-refractivity contribution in [2.75, 3.05) is 32.9 Å². The molecule has 2 heterocycles. The molecule has 1 fully saturated rings. The first kappa shape index (κ1) is 21.1. The number of benzene rings is 1. The van der Waals surface area contributed by atoms with Crippen LogP contribution in [0.25, 0.3) is 0 Å². The predicted molar refractivity (Wildman–Crippen MR) is 107 cm³/mol. The molecule has 0 radical (unpaired) electrons. The van der Waals surface area contributed by atoms with Gasteiger partial charge in [0, 0.05) is 13.1 Å². The molecule has 0 amide bonds. The van der Waals surface area contributed by atoms with Gasteiger partial charge in [-0.2, -0.15) is 4.31 Å². The van der Waals surface area contributed by atoms with Gasteiger partial charge in [-0.15, -0.1) is 11.3 Å². The minimum Gasteiger partial charge on any atom is -0.454 e. The van der Waals surface area contributed by atoms with Gasteiger partial charge in [-0.3, -0.25) is 4.79 Å². The molecule has 0 spiro atoms. The predicted octanol–water partition coefficient (Wildman–Crippen LogP) is 2.88. The van der Waals surface area contributed by atoms with Crippen molar-refractivity contribution < 1.29 is 27.5 Å². The zero-order valence-electron chi connectivity index (χ0n) is 15.0. The number of sulfonamides is 1. The van der Waals surface area contributed by atoms with Crippen molar-refractivity contribution in [1.82, 2.24) is 4.31 Å². The lowest BCUT2D eigenvalue weighted by molar-refractivity contribution is 0.0475. The standard InChI is InChI=1S/C18H18BrNO6S2/c1-12-2-3-13(10-16(12)28(23,24)20-6-8-25-9-7-20)18(22)26-11-14(21)15-4-5-17(19)27-15/h2-5,10H,6-9,11H2,1H3. The van der Waals surface area contributed by atoms with E-state index in [2.05, 4.69) is 15.9 Å². The van der Waals surface area contributed by atoms with Crippen LogP contribution in [-0.2, 0) is 19.5 Å². The Balaban J connectivity index is 1.75. The smallest absolute Gasteiger partial charge is 0.338 e. The van der Waals surface area contributed by atoms with Gasteiger partial charge in [-0.05, 0) is 52.7 Å². The second-order valence-electron chi connectivity index (χ2n) is 6.10. The van der Waals surface area contributed by atoms with Crippen LogP contribution >= 0.6 is 27.3 Å². The van der Waals surface area contributed by atoms with E-state index >= 15 is 0 Å². The van der Waals surface area contributed by atoms with Gasteiger partial charge >= 0.3 is 5.97 Å². The van der Waals surface area contributed by atoms with E-state index in [-0.39, 0.29) is 29.3 Å². The maximum atomic E-state index is 12.9. The number of halogens is 1. The molecule has 7 nitrogen and oxygen atoms in total. The molecule has 0 N–H and O–H groups in total. The molecule has 2 aromatic rings. The Labute approximate surface area is 175 Å². The third-order valence-electron chi connectivity index (χ3n) is 4.19. The van der Waals surface area contributed by atoms with Crippen LogP contribution in [0.1, 0.15) is 25.6 Å². The number of carbonyl (C=O) groups excluding carboxylic acids is 2. The van der Waals surface area contributed by atoms with E-state index in [1.165, 1.54) is 27.8 Å². The van der Waals surface area contributed by atoms with E-state index in [4.69, 9.17) is 9.47 Å². The Morgan fingerprint density at radius 3 is 2.57 bits per heavy atom. The number of rotatable bonds is 6. The lowest BCUT2D eigenvalue weighted by atomic mass is 10.1. The van der Waals surface area contributed by atoms with Crippen molar-refractivity contribution in [1.29, 1.82) is 0 Å². The topological polar surface area (TPSA) is 90.0 Å². The number of nitrogens with zero attached hydrogens (tertiary/aromatic N) is 1. The summed E-state index contributed by atoms with van der Waals surface area (Å²) < 4.78 is 38.2. The van der Waals surface area contributed by atoms with E-state index < -0.39 is 22.6 Å². The molecule has 10 heteroatoms. The van der Waals surface area contributed by atoms with E-state index in [1.54, 1.807) is 25.1 Å². The first-order valence-corrected chi connectivity index (χ1v) is 11.5. The summed E-state index contributed by atoms with van der Waals surface area (Å²) in [6, 6.07) is 7.73. The van der Waals surface area contributed by atoms with Gasteiger partial charge in [0.05, 0.1) is 32.3 Å². The number of ether oxygens (including phenoxy) is 2. The van der Waals surface area contributed by atoms with Gasteiger partial charge in [0.2, 0.25) is 15.8 Å². The van der Waals surface area contributed by atoms with Crippen LogP contribution in [0.15, 0.2) is 39.0 Å². The SMILES string of the molecule is Cc1ccc(C(=O)OCC(=O)c2ccc(Br)s2)cc1S(=O)(=O)N1CCOCC1. The normalized spacial score (nSPS) is 15.4. The molecule has 0 unspecified atom stereocenters. The molecular weight excluding hydrogens is 470 g/mol. The van der Waals surface area contributed by atoms with Crippen LogP contribution in [0.4, 0.5) is 0 Å². The second-order valence-corrected chi connectivity index (χ2v) is 10.5. The van der Waals surface area contributed by atoms with Crippen molar-refractivity contribution in [3.63, 3.8) is 0 Å². The van der Waals surface area contributed by atoms with Gasteiger partial charge in [-0.1, -0.05) is 6.07 Å². The van der Waals surface area contributed by atoms with E-state index in [9.17, 15) is 18.0 Å². The maximum absolute atomic E-state index is 12.9. The fourth-order valence-corrected chi connectivity index (χ4v) is 5.65. The van der Waals surface area contributed by atoms with Crippen LogP contribution in [0.2, 0.25) is 0 Å². The highest BCUT2D eigenvalue weighted by Crippen LogP contribution is 2.24. The van der Waals surface area contributed by atoms with Gasteiger partial charge in [-0.25, -0.2) is 13.2 Å². The summed E-state index contributed by atoms with van der Waals surface area (Å²) in [6.07, 6.45) is 0. The fraction of sp³-hybridized carbons (Fsp3) is 0.333. The highest BCUT2D eigenvalue weighted by Gasteiger charge is 2.28.